The van der Waals surface area contributed by atoms with Crippen LogP contribution in [0.25, 0.3) is 10.9 Å². The van der Waals surface area contributed by atoms with E-state index in [2.05, 4.69) is 15.5 Å². The Labute approximate surface area is 131 Å². The van der Waals surface area contributed by atoms with Crippen LogP contribution < -0.4 is 5.43 Å². The summed E-state index contributed by atoms with van der Waals surface area (Å²) in [6, 6.07) is 13.0. The number of nitrogens with one attached hydrogen (secondary N) is 1. The monoisotopic (exact) mass is 307 g/mol. The third kappa shape index (κ3) is 3.11. The first-order valence-corrected chi connectivity index (χ1v) is 6.84. The number of carbonyl (C=O) groups is 1. The van der Waals surface area contributed by atoms with E-state index in [1.807, 2.05) is 24.3 Å². The van der Waals surface area contributed by atoms with Crippen molar-refractivity contribution >= 4 is 23.0 Å². The van der Waals surface area contributed by atoms with Gasteiger partial charge in [0, 0.05) is 23.2 Å². The summed E-state index contributed by atoms with van der Waals surface area (Å²) in [5.74, 6) is -0.553. The molecular weight excluding hydrogens is 294 g/mol. The van der Waals surface area contributed by atoms with Crippen molar-refractivity contribution in [1.29, 1.82) is 0 Å². The maximum Gasteiger partial charge on any atom is 0.272 e. The van der Waals surface area contributed by atoms with Gasteiger partial charge in [0.1, 0.15) is 11.5 Å². The Morgan fingerprint density at radius 2 is 1.96 bits per heavy atom. The summed E-state index contributed by atoms with van der Waals surface area (Å²) in [7, 11) is 0. The van der Waals surface area contributed by atoms with E-state index >= 15 is 0 Å². The van der Waals surface area contributed by atoms with E-state index < -0.39 is 0 Å². The van der Waals surface area contributed by atoms with E-state index in [0.717, 1.165) is 10.9 Å². The highest BCUT2D eigenvalue weighted by molar-refractivity contribution is 6.06. The van der Waals surface area contributed by atoms with Gasteiger partial charge in [-0.3, -0.25) is 9.78 Å². The molecule has 0 bridgehead atoms. The van der Waals surface area contributed by atoms with Gasteiger partial charge in [-0.2, -0.15) is 5.10 Å². The van der Waals surface area contributed by atoms with Gasteiger partial charge in [-0.05, 0) is 24.3 Å². The van der Waals surface area contributed by atoms with Gasteiger partial charge in [0.05, 0.1) is 17.3 Å². The minimum atomic E-state index is -0.377. The van der Waals surface area contributed by atoms with Gasteiger partial charge in [-0.25, -0.2) is 5.43 Å². The zero-order valence-electron chi connectivity index (χ0n) is 12.0. The Morgan fingerprint density at radius 3 is 2.78 bits per heavy atom. The molecule has 23 heavy (non-hydrogen) atoms. The summed E-state index contributed by atoms with van der Waals surface area (Å²) in [5, 5.41) is 23.4. The molecule has 0 aliphatic rings. The van der Waals surface area contributed by atoms with E-state index in [-0.39, 0.29) is 17.4 Å². The largest absolute Gasteiger partial charge is 0.508 e. The highest BCUT2D eigenvalue weighted by Gasteiger charge is 2.09. The van der Waals surface area contributed by atoms with Crippen LogP contribution in [0.15, 0.2) is 59.8 Å². The lowest BCUT2D eigenvalue weighted by Gasteiger charge is -2.04. The number of aromatic nitrogens is 1. The fourth-order valence-electron chi connectivity index (χ4n) is 2.16. The molecule has 0 aliphatic heterocycles. The lowest BCUT2D eigenvalue weighted by atomic mass is 10.1. The molecule has 0 saturated heterocycles. The van der Waals surface area contributed by atoms with Crippen molar-refractivity contribution in [3.63, 3.8) is 0 Å². The van der Waals surface area contributed by atoms with Gasteiger partial charge in [0.25, 0.3) is 5.91 Å². The number of aromatic hydroxyl groups is 2. The molecule has 0 radical (unpaired) electrons. The zero-order valence-corrected chi connectivity index (χ0v) is 12.0. The molecule has 6 heteroatoms. The molecular formula is C17H13N3O3. The maximum atomic E-state index is 12.2. The number of benzene rings is 2. The Hall–Kier alpha value is -3.41. The summed E-state index contributed by atoms with van der Waals surface area (Å²) in [6.07, 6.45) is 2.86. The topological polar surface area (TPSA) is 94.8 Å². The number of hydrogen-bond donors (Lipinski definition) is 3. The predicted molar refractivity (Wildman–Crippen MR) is 86.6 cm³/mol. The first kappa shape index (κ1) is 14.5. The molecule has 3 rings (SSSR count). The number of phenols is 2. The van der Waals surface area contributed by atoms with Crippen LogP contribution in [0.3, 0.4) is 0 Å². The summed E-state index contributed by atoms with van der Waals surface area (Å²) in [5.41, 5.74) is 3.97. The van der Waals surface area contributed by atoms with Crippen molar-refractivity contribution in [3.05, 3.63) is 65.9 Å². The minimum absolute atomic E-state index is 0.0491. The molecule has 1 aromatic heterocycles. The van der Waals surface area contributed by atoms with Crippen molar-refractivity contribution in [3.8, 4) is 11.5 Å². The van der Waals surface area contributed by atoms with Gasteiger partial charge in [0.15, 0.2) is 0 Å². The van der Waals surface area contributed by atoms with Crippen molar-refractivity contribution in [2.45, 2.75) is 0 Å². The van der Waals surface area contributed by atoms with Crippen LogP contribution in [-0.2, 0) is 0 Å². The number of carbonyl (C=O) groups excluding carboxylic acids is 1. The highest BCUT2D eigenvalue weighted by Crippen LogP contribution is 2.20. The van der Waals surface area contributed by atoms with Crippen LogP contribution in [0, 0.1) is 0 Å². The van der Waals surface area contributed by atoms with E-state index in [9.17, 15) is 15.0 Å². The number of rotatable bonds is 3. The Balaban J connectivity index is 1.80. The first-order chi connectivity index (χ1) is 11.1. The molecule has 6 nitrogen and oxygen atoms in total. The first-order valence-electron chi connectivity index (χ1n) is 6.84. The minimum Gasteiger partial charge on any atom is -0.508 e. The van der Waals surface area contributed by atoms with Crippen LogP contribution in [0.2, 0.25) is 0 Å². The van der Waals surface area contributed by atoms with E-state index in [0.29, 0.717) is 11.1 Å². The van der Waals surface area contributed by atoms with E-state index in [1.54, 1.807) is 12.3 Å². The van der Waals surface area contributed by atoms with Gasteiger partial charge >= 0.3 is 0 Å². The third-order valence-corrected chi connectivity index (χ3v) is 3.28. The van der Waals surface area contributed by atoms with Gasteiger partial charge in [-0.1, -0.05) is 18.2 Å². The summed E-state index contributed by atoms with van der Waals surface area (Å²) >= 11 is 0. The Kier molecular flexibility index (Phi) is 3.88. The molecule has 0 spiro atoms. The lowest BCUT2D eigenvalue weighted by Crippen LogP contribution is -2.18. The number of para-hydroxylation sites is 1. The number of hydrazone groups is 1. The highest BCUT2D eigenvalue weighted by atomic mass is 16.3. The van der Waals surface area contributed by atoms with Crippen molar-refractivity contribution in [2.75, 3.05) is 0 Å². The standard InChI is InChI=1S/C17H13N3O3/c21-12-6-5-11(16(22)9-12)10-19-20-17(23)14-7-8-18-15-4-2-1-3-13(14)15/h1-10,21-22H,(H,20,23)/b19-10+. The SMILES string of the molecule is O=C(N/N=C/c1ccc(O)cc1O)c1ccnc2ccccc12. The second-order valence-electron chi connectivity index (χ2n) is 4.82. The Bertz CT molecular complexity index is 901. The number of fused-ring (bicyclic) bond motifs is 1. The molecule has 2 aromatic carbocycles. The van der Waals surface area contributed by atoms with E-state index in [4.69, 9.17) is 0 Å². The van der Waals surface area contributed by atoms with Crippen LogP contribution in [0.4, 0.5) is 0 Å². The summed E-state index contributed by atoms with van der Waals surface area (Å²) in [4.78, 5) is 16.4. The number of hydrogen-bond acceptors (Lipinski definition) is 5. The molecule has 114 valence electrons. The lowest BCUT2D eigenvalue weighted by molar-refractivity contribution is 0.0956. The average molecular weight is 307 g/mol. The van der Waals surface area contributed by atoms with Crippen molar-refractivity contribution in [2.24, 2.45) is 5.10 Å². The maximum absolute atomic E-state index is 12.2. The molecule has 3 aromatic rings. The van der Waals surface area contributed by atoms with Crippen LogP contribution in [0.1, 0.15) is 15.9 Å². The molecule has 0 unspecified atom stereocenters. The molecule has 0 fully saturated rings. The second kappa shape index (κ2) is 6.15. The average Bonchev–Trinajstić information content (AvgIpc) is 2.56. The van der Waals surface area contributed by atoms with Crippen LogP contribution in [0.5, 0.6) is 11.5 Å². The fraction of sp³-hybridized carbons (Fsp3) is 0. The number of nitrogens with zero attached hydrogens (tertiary/aromatic N) is 2. The molecule has 0 saturated carbocycles. The summed E-state index contributed by atoms with van der Waals surface area (Å²) < 4.78 is 0. The fourth-order valence-corrected chi connectivity index (χ4v) is 2.16. The number of phenolic OH excluding ortho intramolecular Hbond substituents is 2. The smallest absolute Gasteiger partial charge is 0.272 e. The Morgan fingerprint density at radius 1 is 1.13 bits per heavy atom. The van der Waals surface area contributed by atoms with Crippen LogP contribution in [-0.4, -0.2) is 27.3 Å². The number of pyridine rings is 1. The zero-order chi connectivity index (χ0) is 16.2. The summed E-state index contributed by atoms with van der Waals surface area (Å²) in [6.45, 7) is 0. The van der Waals surface area contributed by atoms with E-state index in [1.165, 1.54) is 24.4 Å². The molecule has 3 N–H and O–H groups in total. The molecule has 0 aliphatic carbocycles. The molecule has 0 atom stereocenters. The second-order valence-corrected chi connectivity index (χ2v) is 4.82. The number of amides is 1. The normalized spacial score (nSPS) is 11.0. The predicted octanol–water partition coefficient (Wildman–Crippen LogP) is 2.41. The quantitative estimate of drug-likeness (QED) is 0.511. The van der Waals surface area contributed by atoms with Crippen molar-refractivity contribution in [1.82, 2.24) is 10.4 Å². The third-order valence-electron chi connectivity index (χ3n) is 3.28. The van der Waals surface area contributed by atoms with Gasteiger partial charge in [0.2, 0.25) is 0 Å². The van der Waals surface area contributed by atoms with Gasteiger partial charge < -0.3 is 10.2 Å². The van der Waals surface area contributed by atoms with Crippen LogP contribution >= 0.6 is 0 Å². The molecule has 1 heterocycles. The van der Waals surface area contributed by atoms with Gasteiger partial charge in [-0.15, -0.1) is 0 Å². The molecule has 1 amide bonds. The van der Waals surface area contributed by atoms with Crippen molar-refractivity contribution < 1.29 is 15.0 Å².